The molecule has 0 saturated carbocycles. The van der Waals surface area contributed by atoms with Crippen LogP contribution in [0.4, 0.5) is 5.69 Å². The van der Waals surface area contributed by atoms with Gasteiger partial charge in [-0.15, -0.1) is 0 Å². The van der Waals surface area contributed by atoms with Crippen LogP contribution >= 0.6 is 0 Å². The van der Waals surface area contributed by atoms with Crippen molar-refractivity contribution in [3.63, 3.8) is 0 Å². The Kier molecular flexibility index (Phi) is 3.84. The second-order valence-electron chi connectivity index (χ2n) is 5.75. The van der Waals surface area contributed by atoms with Crippen LogP contribution < -0.4 is 5.32 Å². The third-order valence-electron chi connectivity index (χ3n) is 3.94. The van der Waals surface area contributed by atoms with Crippen molar-refractivity contribution in [2.45, 2.75) is 18.9 Å². The SMILES string of the molecule is Cc1ccc2c(c1)C(O)(CC(=O)/C=C\c1ccccc1)C(=O)N2. The summed E-state index contributed by atoms with van der Waals surface area (Å²) in [6.07, 6.45) is 2.79. The van der Waals surface area contributed by atoms with E-state index in [0.29, 0.717) is 11.3 Å². The number of carbonyl (C=O) groups is 2. The highest BCUT2D eigenvalue weighted by atomic mass is 16.3. The van der Waals surface area contributed by atoms with Gasteiger partial charge in [-0.3, -0.25) is 9.59 Å². The quantitative estimate of drug-likeness (QED) is 0.854. The number of carbonyl (C=O) groups excluding carboxylic acids is 2. The van der Waals surface area contributed by atoms with Gasteiger partial charge in [-0.25, -0.2) is 0 Å². The molecule has 1 atom stereocenters. The maximum absolute atomic E-state index is 12.2. The summed E-state index contributed by atoms with van der Waals surface area (Å²) in [6, 6.07) is 14.7. The first-order valence-electron chi connectivity index (χ1n) is 7.40. The number of rotatable bonds is 4. The monoisotopic (exact) mass is 307 g/mol. The molecule has 0 spiro atoms. The molecule has 0 aliphatic carbocycles. The van der Waals surface area contributed by atoms with Crippen molar-refractivity contribution >= 4 is 23.5 Å². The molecular formula is C19H17NO3. The van der Waals surface area contributed by atoms with Crippen LogP contribution in [0.1, 0.15) is 23.1 Å². The summed E-state index contributed by atoms with van der Waals surface area (Å²) in [5, 5.41) is 13.4. The molecule has 4 nitrogen and oxygen atoms in total. The molecule has 2 N–H and O–H groups in total. The number of fused-ring (bicyclic) bond motifs is 1. The van der Waals surface area contributed by atoms with Crippen LogP contribution in [0.3, 0.4) is 0 Å². The van der Waals surface area contributed by atoms with E-state index in [1.165, 1.54) is 6.08 Å². The average Bonchev–Trinajstić information content (AvgIpc) is 2.78. The van der Waals surface area contributed by atoms with Crippen LogP contribution in [0.5, 0.6) is 0 Å². The molecule has 1 heterocycles. The van der Waals surface area contributed by atoms with Crippen LogP contribution in [0.2, 0.25) is 0 Å². The lowest BCUT2D eigenvalue weighted by Crippen LogP contribution is -2.36. The summed E-state index contributed by atoms with van der Waals surface area (Å²) >= 11 is 0. The van der Waals surface area contributed by atoms with E-state index >= 15 is 0 Å². The molecule has 2 aromatic carbocycles. The first-order chi connectivity index (χ1) is 11.0. The van der Waals surface area contributed by atoms with E-state index in [1.807, 2.05) is 43.3 Å². The second-order valence-corrected chi connectivity index (χ2v) is 5.75. The number of nitrogens with one attached hydrogen (secondary N) is 1. The first kappa shape index (κ1) is 15.2. The van der Waals surface area contributed by atoms with E-state index in [1.54, 1.807) is 18.2 Å². The summed E-state index contributed by atoms with van der Waals surface area (Å²) in [5.74, 6) is -0.861. The van der Waals surface area contributed by atoms with Gasteiger partial charge in [0.2, 0.25) is 0 Å². The standard InChI is InChI=1S/C19H17NO3/c1-13-7-10-17-16(11-13)19(23,18(22)20-17)12-15(21)9-8-14-5-3-2-4-6-14/h2-11,23H,12H2,1H3,(H,20,22)/b9-8-. The van der Waals surface area contributed by atoms with E-state index in [4.69, 9.17) is 0 Å². The van der Waals surface area contributed by atoms with Crippen LogP contribution in [0.25, 0.3) is 6.08 Å². The Bertz CT molecular complexity index is 796. The number of aryl methyl sites for hydroxylation is 1. The summed E-state index contributed by atoms with van der Waals surface area (Å²) in [4.78, 5) is 24.3. The van der Waals surface area contributed by atoms with Crippen molar-refractivity contribution in [1.82, 2.24) is 0 Å². The van der Waals surface area contributed by atoms with E-state index < -0.39 is 11.5 Å². The number of amides is 1. The van der Waals surface area contributed by atoms with Gasteiger partial charge in [-0.2, -0.15) is 0 Å². The predicted molar refractivity (Wildman–Crippen MR) is 88.8 cm³/mol. The fourth-order valence-corrected chi connectivity index (χ4v) is 2.70. The van der Waals surface area contributed by atoms with Crippen LogP contribution in [-0.2, 0) is 15.2 Å². The Morgan fingerprint density at radius 2 is 1.96 bits per heavy atom. The summed E-state index contributed by atoms with van der Waals surface area (Å²) < 4.78 is 0. The largest absolute Gasteiger partial charge is 0.375 e. The number of hydrogen-bond acceptors (Lipinski definition) is 3. The highest BCUT2D eigenvalue weighted by molar-refractivity contribution is 6.08. The van der Waals surface area contributed by atoms with Crippen molar-refractivity contribution in [1.29, 1.82) is 0 Å². The van der Waals surface area contributed by atoms with Gasteiger partial charge in [0, 0.05) is 11.3 Å². The third kappa shape index (κ3) is 2.94. The number of anilines is 1. The highest BCUT2D eigenvalue weighted by Gasteiger charge is 2.46. The zero-order valence-electron chi connectivity index (χ0n) is 12.7. The fourth-order valence-electron chi connectivity index (χ4n) is 2.70. The predicted octanol–water partition coefficient (Wildman–Crippen LogP) is 2.81. The fraction of sp³-hybridized carbons (Fsp3) is 0.158. The van der Waals surface area contributed by atoms with Crippen molar-refractivity contribution in [2.75, 3.05) is 5.32 Å². The molecular weight excluding hydrogens is 290 g/mol. The van der Waals surface area contributed by atoms with Gasteiger partial charge in [0.1, 0.15) is 0 Å². The van der Waals surface area contributed by atoms with Gasteiger partial charge in [0.05, 0.1) is 6.42 Å². The Balaban J connectivity index is 1.82. The van der Waals surface area contributed by atoms with Gasteiger partial charge in [-0.05, 0) is 24.6 Å². The van der Waals surface area contributed by atoms with Gasteiger partial charge in [0.25, 0.3) is 5.91 Å². The molecule has 4 heteroatoms. The van der Waals surface area contributed by atoms with Gasteiger partial charge in [-0.1, -0.05) is 54.1 Å². The lowest BCUT2D eigenvalue weighted by Gasteiger charge is -2.19. The number of allylic oxidation sites excluding steroid dienone is 1. The first-order valence-corrected chi connectivity index (χ1v) is 7.40. The lowest BCUT2D eigenvalue weighted by atomic mass is 9.89. The molecule has 23 heavy (non-hydrogen) atoms. The minimum atomic E-state index is -1.81. The Hall–Kier alpha value is -2.72. The number of aliphatic hydroxyl groups is 1. The molecule has 1 unspecified atom stereocenters. The highest BCUT2D eigenvalue weighted by Crippen LogP contribution is 2.39. The molecule has 1 aliphatic heterocycles. The number of benzene rings is 2. The number of ketones is 1. The third-order valence-corrected chi connectivity index (χ3v) is 3.94. The van der Waals surface area contributed by atoms with Crippen molar-refractivity contribution in [3.05, 3.63) is 71.3 Å². The molecule has 0 aromatic heterocycles. The van der Waals surface area contributed by atoms with Crippen LogP contribution in [-0.4, -0.2) is 16.8 Å². The van der Waals surface area contributed by atoms with Gasteiger partial charge in [0.15, 0.2) is 11.4 Å². The molecule has 1 aliphatic rings. The van der Waals surface area contributed by atoms with Gasteiger partial charge >= 0.3 is 0 Å². The molecule has 0 fully saturated rings. The van der Waals surface area contributed by atoms with Crippen LogP contribution in [0, 0.1) is 6.92 Å². The van der Waals surface area contributed by atoms with E-state index in [-0.39, 0.29) is 12.2 Å². The topological polar surface area (TPSA) is 66.4 Å². The molecule has 0 saturated heterocycles. The van der Waals surface area contributed by atoms with Gasteiger partial charge < -0.3 is 10.4 Å². The van der Waals surface area contributed by atoms with Crippen molar-refractivity contribution in [3.8, 4) is 0 Å². The minimum absolute atomic E-state index is 0.279. The number of hydrogen-bond donors (Lipinski definition) is 2. The second kappa shape index (κ2) is 5.82. The minimum Gasteiger partial charge on any atom is -0.375 e. The van der Waals surface area contributed by atoms with E-state index in [0.717, 1.165) is 11.1 Å². The molecule has 2 aromatic rings. The maximum atomic E-state index is 12.2. The zero-order chi connectivity index (χ0) is 16.4. The van der Waals surface area contributed by atoms with Crippen LogP contribution in [0.15, 0.2) is 54.6 Å². The summed E-state index contributed by atoms with van der Waals surface area (Å²) in [7, 11) is 0. The normalized spacial score (nSPS) is 19.7. The Labute approximate surface area is 134 Å². The molecule has 3 rings (SSSR count). The summed E-state index contributed by atoms with van der Waals surface area (Å²) in [5.41, 5.74) is 1.03. The molecule has 0 bridgehead atoms. The Morgan fingerprint density at radius 1 is 1.22 bits per heavy atom. The van der Waals surface area contributed by atoms with E-state index in [2.05, 4.69) is 5.32 Å². The van der Waals surface area contributed by atoms with E-state index in [9.17, 15) is 14.7 Å². The molecule has 0 radical (unpaired) electrons. The van der Waals surface area contributed by atoms with Crippen molar-refractivity contribution in [2.24, 2.45) is 0 Å². The maximum Gasteiger partial charge on any atom is 0.261 e. The lowest BCUT2D eigenvalue weighted by molar-refractivity contribution is -0.138. The smallest absolute Gasteiger partial charge is 0.261 e. The average molecular weight is 307 g/mol. The Morgan fingerprint density at radius 3 is 2.70 bits per heavy atom. The van der Waals surface area contributed by atoms with Crippen molar-refractivity contribution < 1.29 is 14.7 Å². The molecule has 116 valence electrons. The zero-order valence-corrected chi connectivity index (χ0v) is 12.7. The summed E-state index contributed by atoms with van der Waals surface area (Å²) in [6.45, 7) is 1.88. The molecule has 1 amide bonds.